The predicted molar refractivity (Wildman–Crippen MR) is 173 cm³/mol. The third-order valence-electron chi connectivity index (χ3n) is 7.47. The molecular weight excluding hydrogens is 619 g/mol. The minimum atomic E-state index is -4.52. The van der Waals surface area contributed by atoms with Gasteiger partial charge in [-0.3, -0.25) is 23.7 Å². The van der Waals surface area contributed by atoms with Crippen molar-refractivity contribution in [1.82, 2.24) is 10.2 Å². The van der Waals surface area contributed by atoms with E-state index in [1.165, 1.54) is 12.0 Å². The summed E-state index contributed by atoms with van der Waals surface area (Å²) >= 11 is 0.669. The fraction of sp³-hybridized carbons (Fsp3) is 0.355. The van der Waals surface area contributed by atoms with Gasteiger partial charge in [-0.15, -0.1) is 11.8 Å². The van der Waals surface area contributed by atoms with E-state index in [9.17, 15) is 33.5 Å². The monoisotopic (exact) mass is 656 g/mol. The van der Waals surface area contributed by atoms with Crippen molar-refractivity contribution in [1.29, 1.82) is 0 Å². The number of ether oxygens (including phenoxy) is 1. The molecule has 0 radical (unpaired) electrons. The van der Waals surface area contributed by atoms with E-state index in [0.717, 1.165) is 16.3 Å². The lowest BCUT2D eigenvalue weighted by atomic mass is 9.98. The van der Waals surface area contributed by atoms with Crippen LogP contribution in [0.2, 0.25) is 0 Å². The molecule has 1 heterocycles. The number of carbonyl (C=O) groups excluding carboxylic acids is 4. The average Bonchev–Trinajstić information content (AvgIpc) is 3.02. The first-order valence-electron chi connectivity index (χ1n) is 14.4. The molecule has 1 aliphatic rings. The third kappa shape index (κ3) is 9.79. The Morgan fingerprint density at radius 1 is 1.04 bits per heavy atom. The topological polar surface area (TPSA) is 188 Å². The molecule has 1 aliphatic heterocycles. The number of benzene rings is 3. The molecule has 0 saturated carbocycles. The van der Waals surface area contributed by atoms with Crippen molar-refractivity contribution in [3.8, 4) is 5.75 Å². The Morgan fingerprint density at radius 3 is 2.42 bits per heavy atom. The summed E-state index contributed by atoms with van der Waals surface area (Å²) in [6, 6.07) is 18.0. The van der Waals surface area contributed by atoms with Crippen LogP contribution >= 0.6 is 19.4 Å². The number of hydrogen-bond acceptors (Lipinski definition) is 7. The Morgan fingerprint density at radius 2 is 1.76 bits per heavy atom. The maximum Gasteiger partial charge on any atom is 0.335 e. The van der Waals surface area contributed by atoms with Crippen LogP contribution in [-0.4, -0.2) is 74.8 Å². The molecule has 0 aliphatic carbocycles. The molecule has 45 heavy (non-hydrogen) atoms. The Labute approximate surface area is 265 Å². The summed E-state index contributed by atoms with van der Waals surface area (Å²) in [6.45, 7) is 0.204. The molecule has 240 valence electrons. The molecule has 12 nitrogen and oxygen atoms in total. The maximum absolute atomic E-state index is 13.8. The average molecular weight is 657 g/mol. The molecule has 14 heteroatoms. The molecule has 1 saturated heterocycles. The molecule has 4 amide bonds. The highest BCUT2D eigenvalue weighted by Gasteiger charge is 2.38. The minimum absolute atomic E-state index is 0.152. The van der Waals surface area contributed by atoms with Gasteiger partial charge < -0.3 is 35.8 Å². The van der Waals surface area contributed by atoms with Crippen LogP contribution < -0.4 is 21.1 Å². The van der Waals surface area contributed by atoms with Crippen LogP contribution in [0.5, 0.6) is 5.75 Å². The number of fused-ring (bicyclic) bond motifs is 1. The van der Waals surface area contributed by atoms with Gasteiger partial charge >= 0.3 is 7.60 Å². The summed E-state index contributed by atoms with van der Waals surface area (Å²) in [7, 11) is -3.01. The highest BCUT2D eigenvalue weighted by Crippen LogP contribution is 2.41. The standard InChI is InChI=1S/C31H37N4O8PS/c1-43-24-13-11-23(12-14-24)33-28(36)18-27(45-19-44(40,41)42)31(39)35-15-5-4-8-26(35)30(38)34-25(29(32)37)17-20-9-10-21-6-2-3-7-22(21)16-20/h2-3,6-7,9-14,16,25-27H,4-5,8,15,17-19H2,1H3,(H2,32,37)(H,33,36)(H,34,38)(H2,40,41,42). The van der Waals surface area contributed by atoms with Gasteiger partial charge in [0.2, 0.25) is 23.6 Å². The van der Waals surface area contributed by atoms with Gasteiger partial charge in [-0.25, -0.2) is 0 Å². The van der Waals surface area contributed by atoms with Crippen LogP contribution in [0.1, 0.15) is 31.2 Å². The Kier molecular flexibility index (Phi) is 11.6. The summed E-state index contributed by atoms with van der Waals surface area (Å²) in [5.74, 6) is -1.84. The molecule has 4 rings (SSSR count). The first-order valence-corrected chi connectivity index (χ1v) is 17.3. The fourth-order valence-electron chi connectivity index (χ4n) is 5.20. The van der Waals surface area contributed by atoms with Crippen LogP contribution in [0.15, 0.2) is 66.7 Å². The predicted octanol–water partition coefficient (Wildman–Crippen LogP) is 3.01. The smallest absolute Gasteiger partial charge is 0.335 e. The first kappa shape index (κ1) is 34.0. The molecule has 0 spiro atoms. The van der Waals surface area contributed by atoms with Crippen molar-refractivity contribution >= 4 is 59.4 Å². The lowest BCUT2D eigenvalue weighted by Crippen LogP contribution is -2.57. The number of carbonyl (C=O) groups is 4. The van der Waals surface area contributed by atoms with Crippen LogP contribution in [0, 0.1) is 0 Å². The highest BCUT2D eigenvalue weighted by atomic mass is 32.2. The largest absolute Gasteiger partial charge is 0.497 e. The number of methoxy groups -OCH3 is 1. The second kappa shape index (κ2) is 15.4. The molecule has 3 aromatic carbocycles. The van der Waals surface area contributed by atoms with Crippen molar-refractivity contribution in [2.75, 3.05) is 24.5 Å². The quantitative estimate of drug-likeness (QED) is 0.172. The lowest BCUT2D eigenvalue weighted by Gasteiger charge is -2.37. The van der Waals surface area contributed by atoms with Crippen LogP contribution in [0.25, 0.3) is 10.8 Å². The number of amides is 4. The van der Waals surface area contributed by atoms with Gasteiger partial charge in [0, 0.05) is 25.1 Å². The van der Waals surface area contributed by atoms with Gasteiger partial charge in [-0.05, 0) is 59.9 Å². The zero-order valence-electron chi connectivity index (χ0n) is 24.8. The number of likely N-dealkylation sites (tertiary alicyclic amines) is 1. The summed E-state index contributed by atoms with van der Waals surface area (Å²) in [5.41, 5.74) is 6.24. The van der Waals surface area contributed by atoms with Crippen LogP contribution in [-0.2, 0) is 30.2 Å². The molecule has 1 fully saturated rings. The summed E-state index contributed by atoms with van der Waals surface area (Å²) in [4.78, 5) is 73.0. The minimum Gasteiger partial charge on any atom is -0.497 e. The number of hydrogen-bond donors (Lipinski definition) is 5. The van der Waals surface area contributed by atoms with Gasteiger partial charge in [0.1, 0.15) is 17.8 Å². The number of thioether (sulfide) groups is 1. The van der Waals surface area contributed by atoms with Gasteiger partial charge in [0.15, 0.2) is 0 Å². The van der Waals surface area contributed by atoms with E-state index in [-0.39, 0.29) is 19.4 Å². The number of anilines is 1. The first-order chi connectivity index (χ1) is 21.4. The molecule has 3 aromatic rings. The van der Waals surface area contributed by atoms with E-state index < -0.39 is 54.1 Å². The molecule has 6 N–H and O–H groups in total. The van der Waals surface area contributed by atoms with E-state index in [2.05, 4.69) is 10.6 Å². The SMILES string of the molecule is COc1ccc(NC(=O)CC(SCP(=O)(O)O)C(=O)N2CCCCC2C(=O)NC(Cc2ccc3ccccc3c2)C(N)=O)cc1. The third-order valence-corrected chi connectivity index (χ3v) is 10.2. The highest BCUT2D eigenvalue weighted by molar-refractivity contribution is 8.05. The summed E-state index contributed by atoms with van der Waals surface area (Å²) < 4.78 is 16.8. The molecule has 3 unspecified atom stereocenters. The Balaban J connectivity index is 1.48. The van der Waals surface area contributed by atoms with Crippen LogP contribution in [0.3, 0.4) is 0 Å². The number of nitrogens with two attached hydrogens (primary N) is 1. The van der Waals surface area contributed by atoms with Gasteiger partial charge in [0.25, 0.3) is 0 Å². The van der Waals surface area contributed by atoms with Crippen molar-refractivity contribution in [3.63, 3.8) is 0 Å². The summed E-state index contributed by atoms with van der Waals surface area (Å²) in [5, 5.41) is 6.23. The van der Waals surface area contributed by atoms with Gasteiger partial charge in [-0.1, -0.05) is 42.5 Å². The number of nitrogens with one attached hydrogen (secondary N) is 2. The molecule has 3 atom stereocenters. The van der Waals surface area contributed by atoms with Crippen LogP contribution in [0.4, 0.5) is 5.69 Å². The molecule has 0 bridgehead atoms. The van der Waals surface area contributed by atoms with E-state index >= 15 is 0 Å². The number of piperidine rings is 1. The van der Waals surface area contributed by atoms with E-state index in [1.54, 1.807) is 24.3 Å². The fourth-order valence-corrected chi connectivity index (χ4v) is 7.25. The Bertz CT molecular complexity index is 1580. The lowest BCUT2D eigenvalue weighted by molar-refractivity contribution is -0.143. The number of primary amides is 1. The zero-order valence-corrected chi connectivity index (χ0v) is 26.5. The second-order valence-electron chi connectivity index (χ2n) is 10.8. The number of nitrogens with zero attached hydrogens (tertiary/aromatic N) is 1. The van der Waals surface area contributed by atoms with Crippen molar-refractivity contribution < 1.29 is 38.3 Å². The van der Waals surface area contributed by atoms with E-state index in [1.807, 2.05) is 42.5 Å². The summed E-state index contributed by atoms with van der Waals surface area (Å²) in [6.07, 6.45) is 1.32. The molecule has 0 aromatic heterocycles. The second-order valence-corrected chi connectivity index (χ2v) is 14.1. The molecular formula is C31H37N4O8PS. The normalized spacial score (nSPS) is 16.4. The number of rotatable bonds is 13. The Hall–Kier alpha value is -3.90. The van der Waals surface area contributed by atoms with Gasteiger partial charge in [-0.2, -0.15) is 0 Å². The van der Waals surface area contributed by atoms with Gasteiger partial charge in [0.05, 0.1) is 17.9 Å². The van der Waals surface area contributed by atoms with Crippen molar-refractivity contribution in [3.05, 3.63) is 72.3 Å². The zero-order chi connectivity index (χ0) is 32.6. The van der Waals surface area contributed by atoms with E-state index in [0.29, 0.717) is 42.5 Å². The van der Waals surface area contributed by atoms with E-state index in [4.69, 9.17) is 10.5 Å². The van der Waals surface area contributed by atoms with Crippen molar-refractivity contribution in [2.45, 2.75) is 49.4 Å². The maximum atomic E-state index is 13.8. The van der Waals surface area contributed by atoms with Crippen molar-refractivity contribution in [2.24, 2.45) is 5.73 Å².